The van der Waals surface area contributed by atoms with Gasteiger partial charge in [-0.2, -0.15) is 39.5 Å². The summed E-state index contributed by atoms with van der Waals surface area (Å²) < 4.78 is 119. The van der Waals surface area contributed by atoms with E-state index >= 15 is 0 Å². The van der Waals surface area contributed by atoms with Crippen LogP contribution in [0, 0.1) is 6.92 Å². The molecule has 2 aromatic rings. The minimum atomic E-state index is -5.05. The summed E-state index contributed by atoms with van der Waals surface area (Å²) in [6.45, 7) is 1.57. The highest BCUT2D eigenvalue weighted by atomic mass is 19.4. The topological polar surface area (TPSA) is 32.3 Å². The van der Waals surface area contributed by atoms with Crippen molar-refractivity contribution in [2.75, 3.05) is 0 Å². The van der Waals surface area contributed by atoms with Crippen LogP contribution in [0.5, 0.6) is 0 Å². The third kappa shape index (κ3) is 4.29. The van der Waals surface area contributed by atoms with Crippen molar-refractivity contribution in [2.24, 2.45) is 0 Å². The van der Waals surface area contributed by atoms with Crippen LogP contribution in [0.2, 0.25) is 0 Å². The number of nitrogens with one attached hydrogen (secondary N) is 1. The zero-order chi connectivity index (χ0) is 25.2. The molecule has 0 spiro atoms. The van der Waals surface area contributed by atoms with Crippen molar-refractivity contribution in [2.45, 2.75) is 56.4 Å². The highest BCUT2D eigenvalue weighted by Crippen LogP contribution is 2.47. The maximum Gasteiger partial charge on any atom is 0.416 e. The second-order valence-corrected chi connectivity index (χ2v) is 8.40. The van der Waals surface area contributed by atoms with Gasteiger partial charge in [0.05, 0.1) is 34.8 Å². The lowest BCUT2D eigenvalue weighted by Crippen LogP contribution is -2.32. The van der Waals surface area contributed by atoms with Gasteiger partial charge in [0.25, 0.3) is 0 Å². The van der Waals surface area contributed by atoms with E-state index < -0.39 is 59.4 Å². The summed E-state index contributed by atoms with van der Waals surface area (Å²) in [5, 5.41) is 2.42. The lowest BCUT2D eigenvalue weighted by Gasteiger charge is -2.26. The van der Waals surface area contributed by atoms with Crippen LogP contribution in [-0.4, -0.2) is 17.0 Å². The van der Waals surface area contributed by atoms with Gasteiger partial charge in [-0.25, -0.2) is 4.79 Å². The molecule has 2 aliphatic rings. The molecule has 3 atom stereocenters. The number of urea groups is 1. The van der Waals surface area contributed by atoms with Gasteiger partial charge < -0.3 is 10.2 Å². The number of halogens is 9. The molecule has 184 valence electrons. The molecule has 0 aliphatic carbocycles. The quantitative estimate of drug-likeness (QED) is 0.446. The van der Waals surface area contributed by atoms with Gasteiger partial charge in [0.1, 0.15) is 0 Å². The number of carbonyl (C=O) groups excluding carboxylic acids is 1. The molecule has 12 heteroatoms. The Morgan fingerprint density at radius 2 is 1.35 bits per heavy atom. The number of carbonyl (C=O) groups is 1. The van der Waals surface area contributed by atoms with Gasteiger partial charge in [-0.3, -0.25) is 0 Å². The Balaban J connectivity index is 1.73. The molecule has 0 radical (unpaired) electrons. The molecular weight excluding hydrogens is 479 g/mol. The molecule has 4 rings (SSSR count). The number of amides is 2. The largest absolute Gasteiger partial charge is 0.416 e. The van der Waals surface area contributed by atoms with Gasteiger partial charge in [-0.15, -0.1) is 0 Å². The average molecular weight is 496 g/mol. The first kappa shape index (κ1) is 24.2. The molecule has 3 nitrogen and oxygen atoms in total. The standard InChI is InChI=1S/C22H17F9N2O/c1-10-2-3-12(20(23,24)25)9-15(10)16-4-5-17-18(32-19(34)33(16)17)11-6-13(21(26,27)28)8-14(7-11)22(29,30)31/h2-3,6-9,16-18H,4-5H2,1H3,(H,32,34)/t16-,17-,18+/m0/s1. The number of fused-ring (bicyclic) bond motifs is 1. The zero-order valence-electron chi connectivity index (χ0n) is 17.4. The number of alkyl halides is 9. The summed E-state index contributed by atoms with van der Waals surface area (Å²) in [5.41, 5.74) is -3.59. The van der Waals surface area contributed by atoms with Gasteiger partial charge in [0.2, 0.25) is 0 Å². The van der Waals surface area contributed by atoms with Crippen LogP contribution in [0.4, 0.5) is 44.3 Å². The van der Waals surface area contributed by atoms with Crippen LogP contribution in [0.25, 0.3) is 0 Å². The van der Waals surface area contributed by atoms with Gasteiger partial charge in [0, 0.05) is 0 Å². The minimum absolute atomic E-state index is 0.00148. The zero-order valence-corrected chi connectivity index (χ0v) is 17.4. The number of benzene rings is 2. The lowest BCUT2D eigenvalue weighted by atomic mass is 9.94. The molecule has 2 heterocycles. The van der Waals surface area contributed by atoms with Crippen LogP contribution in [0.1, 0.15) is 58.3 Å². The summed E-state index contributed by atoms with van der Waals surface area (Å²) in [5.74, 6) is 0. The van der Waals surface area contributed by atoms with Gasteiger partial charge in [0.15, 0.2) is 0 Å². The Hall–Kier alpha value is -2.92. The van der Waals surface area contributed by atoms with E-state index in [0.717, 1.165) is 12.1 Å². The van der Waals surface area contributed by atoms with E-state index in [0.29, 0.717) is 17.7 Å². The Morgan fingerprint density at radius 3 is 1.88 bits per heavy atom. The van der Waals surface area contributed by atoms with E-state index in [9.17, 15) is 44.3 Å². The van der Waals surface area contributed by atoms with E-state index in [1.807, 2.05) is 0 Å². The number of hydrogen-bond acceptors (Lipinski definition) is 1. The lowest BCUT2D eigenvalue weighted by molar-refractivity contribution is -0.143. The van der Waals surface area contributed by atoms with Crippen molar-refractivity contribution < 1.29 is 44.3 Å². The Kier molecular flexibility index (Phi) is 5.56. The fourth-order valence-corrected chi connectivity index (χ4v) is 4.71. The fourth-order valence-electron chi connectivity index (χ4n) is 4.71. The number of nitrogens with zero attached hydrogens (tertiary/aromatic N) is 1. The predicted molar refractivity (Wildman–Crippen MR) is 102 cm³/mol. The normalized spacial score (nSPS) is 23.3. The predicted octanol–water partition coefficient (Wildman–Crippen LogP) is 7.02. The first-order valence-electron chi connectivity index (χ1n) is 10.1. The molecule has 0 saturated carbocycles. The van der Waals surface area contributed by atoms with Gasteiger partial charge in [-0.05, 0) is 66.8 Å². The third-order valence-corrected chi connectivity index (χ3v) is 6.26. The van der Waals surface area contributed by atoms with Crippen molar-refractivity contribution in [3.8, 4) is 0 Å². The molecular formula is C22H17F9N2O. The maximum absolute atomic E-state index is 13.3. The van der Waals surface area contributed by atoms with Crippen LogP contribution >= 0.6 is 0 Å². The Labute approximate surface area is 187 Å². The van der Waals surface area contributed by atoms with Gasteiger partial charge >= 0.3 is 24.6 Å². The van der Waals surface area contributed by atoms with Crippen molar-refractivity contribution in [1.29, 1.82) is 0 Å². The van der Waals surface area contributed by atoms with E-state index in [2.05, 4.69) is 5.32 Å². The van der Waals surface area contributed by atoms with E-state index in [-0.39, 0.29) is 30.0 Å². The monoisotopic (exact) mass is 496 g/mol. The molecule has 2 aliphatic heterocycles. The Morgan fingerprint density at radius 1 is 0.794 bits per heavy atom. The summed E-state index contributed by atoms with van der Waals surface area (Å²) >= 11 is 0. The molecule has 0 bridgehead atoms. The van der Waals surface area contributed by atoms with Crippen LogP contribution < -0.4 is 5.32 Å². The number of rotatable bonds is 2. The summed E-state index contributed by atoms with van der Waals surface area (Å²) in [7, 11) is 0. The van der Waals surface area contributed by atoms with Crippen LogP contribution in [-0.2, 0) is 18.5 Å². The van der Waals surface area contributed by atoms with Crippen molar-refractivity contribution in [1.82, 2.24) is 10.2 Å². The molecule has 34 heavy (non-hydrogen) atoms. The fraction of sp³-hybridized carbons (Fsp3) is 0.409. The van der Waals surface area contributed by atoms with E-state index in [4.69, 9.17) is 0 Å². The number of aryl methyl sites for hydroxylation is 1. The first-order chi connectivity index (χ1) is 15.6. The summed E-state index contributed by atoms with van der Waals surface area (Å²) in [6.07, 6.45) is -14.3. The molecule has 0 aromatic heterocycles. The number of hydrogen-bond donors (Lipinski definition) is 1. The second-order valence-electron chi connectivity index (χ2n) is 8.40. The molecule has 1 N–H and O–H groups in total. The van der Waals surface area contributed by atoms with E-state index in [1.54, 1.807) is 6.92 Å². The highest BCUT2D eigenvalue weighted by molar-refractivity contribution is 5.79. The molecule has 0 unspecified atom stereocenters. The summed E-state index contributed by atoms with van der Waals surface area (Å²) in [6, 6.07) is 0.641. The minimum Gasteiger partial charge on any atom is -0.329 e. The molecule has 2 saturated heterocycles. The van der Waals surface area contributed by atoms with Crippen LogP contribution in [0.15, 0.2) is 36.4 Å². The molecule has 2 fully saturated rings. The molecule has 2 aromatic carbocycles. The summed E-state index contributed by atoms with van der Waals surface area (Å²) in [4.78, 5) is 14.0. The second kappa shape index (κ2) is 7.81. The van der Waals surface area contributed by atoms with Gasteiger partial charge in [-0.1, -0.05) is 6.07 Å². The third-order valence-electron chi connectivity index (χ3n) is 6.26. The first-order valence-corrected chi connectivity index (χ1v) is 10.1. The highest BCUT2D eigenvalue weighted by Gasteiger charge is 2.49. The van der Waals surface area contributed by atoms with E-state index in [1.165, 1.54) is 11.0 Å². The van der Waals surface area contributed by atoms with Crippen molar-refractivity contribution in [3.05, 3.63) is 69.8 Å². The average Bonchev–Trinajstić information content (AvgIpc) is 3.27. The van der Waals surface area contributed by atoms with Crippen molar-refractivity contribution >= 4 is 6.03 Å². The maximum atomic E-state index is 13.3. The van der Waals surface area contributed by atoms with Crippen molar-refractivity contribution in [3.63, 3.8) is 0 Å². The SMILES string of the molecule is Cc1ccc(C(F)(F)F)cc1[C@@H]1CC[C@H]2[C@@H](c3cc(C(F)(F)F)cc(C(F)(F)F)c3)NC(=O)N12. The smallest absolute Gasteiger partial charge is 0.329 e. The Bertz CT molecular complexity index is 1090. The van der Waals surface area contributed by atoms with Crippen LogP contribution in [0.3, 0.4) is 0 Å². The molecule has 2 amide bonds.